The zero-order valence-corrected chi connectivity index (χ0v) is 13.9. The molecule has 0 saturated carbocycles. The molecule has 0 amide bonds. The standard InChI is InChI=1S/C15H19ClN2O2S/c1-4-15(3,10-16)18-21(19,20)13-8-7-11(2)14-12(13)6-5-9-17-14/h5-9,18H,4,10H2,1-3H3. The van der Waals surface area contributed by atoms with Crippen LogP contribution in [-0.4, -0.2) is 24.8 Å². The molecule has 1 heterocycles. The van der Waals surface area contributed by atoms with Gasteiger partial charge in [-0.05, 0) is 44.0 Å². The molecule has 1 unspecified atom stereocenters. The summed E-state index contributed by atoms with van der Waals surface area (Å²) >= 11 is 5.91. The van der Waals surface area contributed by atoms with Crippen molar-refractivity contribution in [2.45, 2.75) is 37.6 Å². The maximum atomic E-state index is 12.7. The fraction of sp³-hybridized carbons (Fsp3) is 0.400. The Kier molecular flexibility index (Phi) is 4.56. The molecule has 1 aromatic carbocycles. The number of alkyl halides is 1. The summed E-state index contributed by atoms with van der Waals surface area (Å²) in [6.45, 7) is 5.61. The van der Waals surface area contributed by atoms with Gasteiger partial charge in [0.05, 0.1) is 10.4 Å². The van der Waals surface area contributed by atoms with E-state index in [1.54, 1.807) is 37.4 Å². The first kappa shape index (κ1) is 16.2. The molecule has 0 aliphatic heterocycles. The number of pyridine rings is 1. The fourth-order valence-electron chi connectivity index (χ4n) is 2.10. The van der Waals surface area contributed by atoms with Crippen molar-refractivity contribution in [2.24, 2.45) is 0 Å². The summed E-state index contributed by atoms with van der Waals surface area (Å²) in [5.74, 6) is 0.213. The number of nitrogens with zero attached hydrogens (tertiary/aromatic N) is 1. The van der Waals surface area contributed by atoms with Gasteiger partial charge in [-0.25, -0.2) is 13.1 Å². The Bertz CT molecular complexity index is 755. The minimum absolute atomic E-state index is 0.213. The van der Waals surface area contributed by atoms with Gasteiger partial charge in [0.25, 0.3) is 0 Å². The monoisotopic (exact) mass is 326 g/mol. The number of aryl methyl sites for hydroxylation is 1. The molecular formula is C15H19ClN2O2S. The Labute approximate surface area is 130 Å². The number of nitrogens with one attached hydrogen (secondary N) is 1. The summed E-state index contributed by atoms with van der Waals surface area (Å²) in [6, 6.07) is 6.90. The van der Waals surface area contributed by atoms with E-state index in [1.165, 1.54) is 0 Å². The van der Waals surface area contributed by atoms with Crippen LogP contribution in [0.2, 0.25) is 0 Å². The van der Waals surface area contributed by atoms with Crippen LogP contribution in [0.3, 0.4) is 0 Å². The average molecular weight is 327 g/mol. The highest BCUT2D eigenvalue weighted by atomic mass is 35.5. The molecule has 114 valence electrons. The lowest BCUT2D eigenvalue weighted by molar-refractivity contribution is 0.445. The van der Waals surface area contributed by atoms with E-state index in [-0.39, 0.29) is 10.8 Å². The van der Waals surface area contributed by atoms with E-state index in [1.807, 2.05) is 13.8 Å². The number of benzene rings is 1. The number of halogens is 1. The molecule has 2 aromatic rings. The lowest BCUT2D eigenvalue weighted by atomic mass is 10.0. The van der Waals surface area contributed by atoms with E-state index >= 15 is 0 Å². The van der Waals surface area contributed by atoms with E-state index in [0.717, 1.165) is 5.56 Å². The third kappa shape index (κ3) is 3.20. The van der Waals surface area contributed by atoms with Crippen molar-refractivity contribution in [3.8, 4) is 0 Å². The third-order valence-corrected chi connectivity index (χ3v) is 5.96. The molecule has 1 aromatic heterocycles. The van der Waals surface area contributed by atoms with Gasteiger partial charge in [0, 0.05) is 23.0 Å². The predicted molar refractivity (Wildman–Crippen MR) is 86.2 cm³/mol. The van der Waals surface area contributed by atoms with Gasteiger partial charge in [-0.1, -0.05) is 13.0 Å². The summed E-state index contributed by atoms with van der Waals surface area (Å²) < 4.78 is 28.1. The van der Waals surface area contributed by atoms with Crippen molar-refractivity contribution in [1.29, 1.82) is 0 Å². The van der Waals surface area contributed by atoms with Crippen molar-refractivity contribution in [2.75, 3.05) is 5.88 Å². The van der Waals surface area contributed by atoms with Gasteiger partial charge in [0.2, 0.25) is 10.0 Å². The highest BCUT2D eigenvalue weighted by Crippen LogP contribution is 2.26. The lowest BCUT2D eigenvalue weighted by Crippen LogP contribution is -2.46. The number of aromatic nitrogens is 1. The SMILES string of the molecule is CCC(C)(CCl)NS(=O)(=O)c1ccc(C)c2ncccc12. The molecule has 0 aliphatic rings. The molecule has 1 N–H and O–H groups in total. The van der Waals surface area contributed by atoms with Crippen LogP contribution in [0, 0.1) is 6.92 Å². The second-order valence-corrected chi connectivity index (χ2v) is 7.35. The van der Waals surface area contributed by atoms with Crippen LogP contribution in [0.5, 0.6) is 0 Å². The van der Waals surface area contributed by atoms with Gasteiger partial charge in [-0.3, -0.25) is 4.98 Å². The van der Waals surface area contributed by atoms with Crippen LogP contribution in [0.4, 0.5) is 0 Å². The Hall–Kier alpha value is -1.17. The molecule has 4 nitrogen and oxygen atoms in total. The van der Waals surface area contributed by atoms with Crippen molar-refractivity contribution < 1.29 is 8.42 Å². The molecule has 0 aliphatic carbocycles. The van der Waals surface area contributed by atoms with E-state index in [0.29, 0.717) is 17.3 Å². The first-order chi connectivity index (χ1) is 9.83. The van der Waals surface area contributed by atoms with Crippen LogP contribution in [-0.2, 0) is 10.0 Å². The van der Waals surface area contributed by atoms with Gasteiger partial charge in [0.1, 0.15) is 0 Å². The van der Waals surface area contributed by atoms with Gasteiger partial charge >= 0.3 is 0 Å². The van der Waals surface area contributed by atoms with Gasteiger partial charge in [0.15, 0.2) is 0 Å². The Morgan fingerprint density at radius 1 is 1.33 bits per heavy atom. The summed E-state index contributed by atoms with van der Waals surface area (Å²) in [4.78, 5) is 4.51. The van der Waals surface area contributed by atoms with Crippen molar-refractivity contribution in [3.63, 3.8) is 0 Å². The normalized spacial score (nSPS) is 15.0. The summed E-state index contributed by atoms with van der Waals surface area (Å²) in [6.07, 6.45) is 2.27. The van der Waals surface area contributed by atoms with Crippen LogP contribution >= 0.6 is 11.6 Å². The second kappa shape index (κ2) is 5.91. The van der Waals surface area contributed by atoms with Crippen molar-refractivity contribution in [1.82, 2.24) is 9.71 Å². The minimum Gasteiger partial charge on any atom is -0.256 e. The van der Waals surface area contributed by atoms with Gasteiger partial charge in [-0.15, -0.1) is 11.6 Å². The molecule has 0 bridgehead atoms. The van der Waals surface area contributed by atoms with Gasteiger partial charge in [-0.2, -0.15) is 0 Å². The summed E-state index contributed by atoms with van der Waals surface area (Å²) in [5, 5.41) is 0.623. The highest BCUT2D eigenvalue weighted by Gasteiger charge is 2.29. The average Bonchev–Trinajstić information content (AvgIpc) is 2.47. The molecule has 2 rings (SSSR count). The zero-order chi connectivity index (χ0) is 15.7. The third-order valence-electron chi connectivity index (χ3n) is 3.68. The number of rotatable bonds is 5. The first-order valence-electron chi connectivity index (χ1n) is 6.77. The fourth-order valence-corrected chi connectivity index (χ4v) is 4.11. The Morgan fingerprint density at radius 3 is 2.67 bits per heavy atom. The zero-order valence-electron chi connectivity index (χ0n) is 12.4. The van der Waals surface area contributed by atoms with Gasteiger partial charge < -0.3 is 0 Å². The quantitative estimate of drug-likeness (QED) is 0.858. The smallest absolute Gasteiger partial charge is 0.241 e. The van der Waals surface area contributed by atoms with Crippen LogP contribution < -0.4 is 4.72 Å². The number of fused-ring (bicyclic) bond motifs is 1. The largest absolute Gasteiger partial charge is 0.256 e. The number of hydrogen-bond donors (Lipinski definition) is 1. The first-order valence-corrected chi connectivity index (χ1v) is 8.79. The number of sulfonamides is 1. The summed E-state index contributed by atoms with van der Waals surface area (Å²) in [5.41, 5.74) is 0.976. The maximum Gasteiger partial charge on any atom is 0.241 e. The molecule has 0 saturated heterocycles. The molecular weight excluding hydrogens is 308 g/mol. The molecule has 6 heteroatoms. The predicted octanol–water partition coefficient (Wildman–Crippen LogP) is 3.23. The lowest BCUT2D eigenvalue weighted by Gasteiger charge is -2.27. The molecule has 0 fully saturated rings. The molecule has 0 spiro atoms. The summed E-state index contributed by atoms with van der Waals surface area (Å²) in [7, 11) is -3.66. The van der Waals surface area contributed by atoms with Crippen LogP contribution in [0.25, 0.3) is 10.9 Å². The Balaban J connectivity index is 2.59. The Morgan fingerprint density at radius 2 is 2.05 bits per heavy atom. The van der Waals surface area contributed by atoms with E-state index in [4.69, 9.17) is 11.6 Å². The topological polar surface area (TPSA) is 59.1 Å². The minimum atomic E-state index is -3.66. The van der Waals surface area contributed by atoms with Crippen LogP contribution in [0.1, 0.15) is 25.8 Å². The molecule has 21 heavy (non-hydrogen) atoms. The van der Waals surface area contributed by atoms with E-state index < -0.39 is 15.6 Å². The van der Waals surface area contributed by atoms with E-state index in [9.17, 15) is 8.42 Å². The second-order valence-electron chi connectivity index (χ2n) is 5.43. The van der Waals surface area contributed by atoms with E-state index in [2.05, 4.69) is 9.71 Å². The molecule has 0 radical (unpaired) electrons. The molecule has 1 atom stereocenters. The van der Waals surface area contributed by atoms with Crippen LogP contribution in [0.15, 0.2) is 35.4 Å². The van der Waals surface area contributed by atoms with Crippen molar-refractivity contribution >= 4 is 32.5 Å². The highest BCUT2D eigenvalue weighted by molar-refractivity contribution is 7.89. The maximum absolute atomic E-state index is 12.7. The number of hydrogen-bond acceptors (Lipinski definition) is 3. The van der Waals surface area contributed by atoms with Crippen molar-refractivity contribution in [3.05, 3.63) is 36.0 Å².